The normalized spacial score (nSPS) is 40.5. The Balaban J connectivity index is 2.15. The second-order valence-corrected chi connectivity index (χ2v) is 4.36. The fourth-order valence-electron chi connectivity index (χ4n) is 2.81. The lowest BCUT2D eigenvalue weighted by atomic mass is 9.58. The van der Waals surface area contributed by atoms with Crippen LogP contribution >= 0.6 is 0 Å². The monoisotopic (exact) mass is 216 g/mol. The topological polar surface area (TPSA) is 68.3 Å². The molecule has 80 valence electrons. The highest BCUT2D eigenvalue weighted by Crippen LogP contribution is 2.43. The zero-order valence-electron chi connectivity index (χ0n) is 8.25. The van der Waals surface area contributed by atoms with Gasteiger partial charge in [0.2, 0.25) is 23.1 Å². The first-order chi connectivity index (χ1) is 7.61. The highest BCUT2D eigenvalue weighted by molar-refractivity contribution is 6.47. The van der Waals surface area contributed by atoms with Crippen LogP contribution in [0.5, 0.6) is 0 Å². The van der Waals surface area contributed by atoms with Crippen molar-refractivity contribution in [2.24, 2.45) is 23.7 Å². The van der Waals surface area contributed by atoms with Gasteiger partial charge in [-0.15, -0.1) is 0 Å². The van der Waals surface area contributed by atoms with E-state index in [9.17, 15) is 19.2 Å². The van der Waals surface area contributed by atoms with E-state index in [4.69, 9.17) is 0 Å². The first kappa shape index (κ1) is 9.39. The van der Waals surface area contributed by atoms with Crippen LogP contribution in [0, 0.1) is 23.7 Å². The van der Waals surface area contributed by atoms with Gasteiger partial charge in [0.05, 0.1) is 11.8 Å². The van der Waals surface area contributed by atoms with E-state index in [1.165, 1.54) is 6.08 Å². The van der Waals surface area contributed by atoms with Crippen LogP contribution in [0.2, 0.25) is 0 Å². The maximum absolute atomic E-state index is 11.7. The summed E-state index contributed by atoms with van der Waals surface area (Å²) >= 11 is 0. The molecule has 0 aromatic rings. The molecule has 0 amide bonds. The molecule has 0 aromatic heterocycles. The minimum absolute atomic E-state index is 0.301. The van der Waals surface area contributed by atoms with Gasteiger partial charge in [-0.1, -0.05) is 18.2 Å². The molecule has 2 bridgehead atoms. The minimum atomic E-state index is -0.719. The van der Waals surface area contributed by atoms with Gasteiger partial charge in [-0.2, -0.15) is 0 Å². The van der Waals surface area contributed by atoms with Crippen molar-refractivity contribution < 1.29 is 19.2 Å². The Morgan fingerprint density at radius 1 is 0.750 bits per heavy atom. The molecule has 1 saturated carbocycles. The maximum Gasteiger partial charge on any atom is 0.221 e. The van der Waals surface area contributed by atoms with Crippen LogP contribution in [0.25, 0.3) is 0 Å². The first-order valence-corrected chi connectivity index (χ1v) is 5.14. The number of fused-ring (bicyclic) bond motifs is 1. The van der Waals surface area contributed by atoms with E-state index in [0.717, 1.165) is 0 Å². The molecule has 4 heteroatoms. The van der Waals surface area contributed by atoms with Gasteiger partial charge in [0, 0.05) is 11.8 Å². The number of carbonyl (C=O) groups excluding carboxylic acids is 4. The molecule has 0 spiro atoms. The van der Waals surface area contributed by atoms with E-state index in [0.29, 0.717) is 0 Å². The third kappa shape index (κ3) is 0.939. The van der Waals surface area contributed by atoms with Crippen LogP contribution in [0.4, 0.5) is 0 Å². The molecule has 0 heterocycles. The minimum Gasteiger partial charge on any atom is -0.290 e. The summed E-state index contributed by atoms with van der Waals surface area (Å²) in [6, 6.07) is 0. The smallest absolute Gasteiger partial charge is 0.221 e. The van der Waals surface area contributed by atoms with Crippen LogP contribution in [0.1, 0.15) is 0 Å². The molecule has 0 aromatic carbocycles. The molecular weight excluding hydrogens is 208 g/mol. The van der Waals surface area contributed by atoms with Crippen LogP contribution in [-0.2, 0) is 19.2 Å². The summed E-state index contributed by atoms with van der Waals surface area (Å²) in [6.07, 6.45) is 6.10. The quantitative estimate of drug-likeness (QED) is 0.418. The zero-order chi connectivity index (χ0) is 11.4. The largest absolute Gasteiger partial charge is 0.290 e. The summed E-state index contributed by atoms with van der Waals surface area (Å²) in [6.45, 7) is 0. The van der Waals surface area contributed by atoms with Crippen molar-refractivity contribution in [1.29, 1.82) is 0 Å². The fourth-order valence-corrected chi connectivity index (χ4v) is 2.81. The summed E-state index contributed by atoms with van der Waals surface area (Å²) in [4.78, 5) is 46.2. The van der Waals surface area contributed by atoms with E-state index in [1.54, 1.807) is 18.2 Å². The average molecular weight is 216 g/mol. The number of allylic oxidation sites excluding steroid dienone is 4. The van der Waals surface area contributed by atoms with Gasteiger partial charge >= 0.3 is 0 Å². The van der Waals surface area contributed by atoms with Crippen LogP contribution in [0.3, 0.4) is 0 Å². The van der Waals surface area contributed by atoms with Gasteiger partial charge in [0.25, 0.3) is 0 Å². The van der Waals surface area contributed by atoms with Crippen molar-refractivity contribution in [2.45, 2.75) is 0 Å². The Hall–Kier alpha value is -1.84. The van der Waals surface area contributed by atoms with Crippen LogP contribution < -0.4 is 0 Å². The van der Waals surface area contributed by atoms with Crippen molar-refractivity contribution in [3.8, 4) is 0 Å². The van der Waals surface area contributed by atoms with Crippen molar-refractivity contribution in [3.05, 3.63) is 24.3 Å². The molecule has 4 aliphatic rings. The first-order valence-electron chi connectivity index (χ1n) is 5.14. The number of hydrogen-bond donors (Lipinski definition) is 0. The second-order valence-electron chi connectivity index (χ2n) is 4.36. The van der Waals surface area contributed by atoms with E-state index in [1.807, 2.05) is 0 Å². The molecule has 0 radical (unpaired) electrons. The number of ketones is 4. The summed E-state index contributed by atoms with van der Waals surface area (Å²) in [5.41, 5.74) is 0. The predicted molar refractivity (Wildman–Crippen MR) is 52.3 cm³/mol. The molecule has 4 aliphatic carbocycles. The third-order valence-electron chi connectivity index (χ3n) is 3.61. The van der Waals surface area contributed by atoms with Gasteiger partial charge in [-0.25, -0.2) is 0 Å². The molecular formula is C12H8O4. The van der Waals surface area contributed by atoms with Gasteiger partial charge in [0.1, 0.15) is 0 Å². The highest BCUT2D eigenvalue weighted by Gasteiger charge is 2.54. The lowest BCUT2D eigenvalue weighted by molar-refractivity contribution is -0.151. The van der Waals surface area contributed by atoms with E-state index in [-0.39, 0.29) is 5.92 Å². The predicted octanol–water partition coefficient (Wildman–Crippen LogP) is -0.119. The Kier molecular flexibility index (Phi) is 1.67. The summed E-state index contributed by atoms with van der Waals surface area (Å²) in [5.74, 6) is -4.26. The summed E-state index contributed by atoms with van der Waals surface area (Å²) in [7, 11) is 0. The van der Waals surface area contributed by atoms with Crippen LogP contribution in [-0.4, -0.2) is 23.1 Å². The Labute approximate surface area is 91.0 Å². The van der Waals surface area contributed by atoms with Gasteiger partial charge in [-0.05, 0) is 6.08 Å². The second kappa shape index (κ2) is 2.84. The maximum atomic E-state index is 11.7. The van der Waals surface area contributed by atoms with Crippen molar-refractivity contribution in [1.82, 2.24) is 0 Å². The molecule has 4 rings (SSSR count). The van der Waals surface area contributed by atoms with E-state index >= 15 is 0 Å². The molecule has 0 aliphatic heterocycles. The van der Waals surface area contributed by atoms with E-state index < -0.39 is 40.9 Å². The van der Waals surface area contributed by atoms with Gasteiger partial charge in [-0.3, -0.25) is 19.2 Å². The van der Waals surface area contributed by atoms with Crippen molar-refractivity contribution in [2.75, 3.05) is 0 Å². The summed E-state index contributed by atoms with van der Waals surface area (Å²) < 4.78 is 0. The van der Waals surface area contributed by atoms with Crippen molar-refractivity contribution in [3.63, 3.8) is 0 Å². The van der Waals surface area contributed by atoms with Crippen LogP contribution in [0.15, 0.2) is 24.3 Å². The van der Waals surface area contributed by atoms with Gasteiger partial charge in [0.15, 0.2) is 0 Å². The Morgan fingerprint density at radius 2 is 1.38 bits per heavy atom. The molecule has 0 N–H and O–H groups in total. The number of Topliss-reactive ketones (excluding diaryl/α,β-unsaturated/α-hetero) is 3. The molecule has 16 heavy (non-hydrogen) atoms. The lowest BCUT2D eigenvalue weighted by Crippen LogP contribution is -2.53. The van der Waals surface area contributed by atoms with Crippen molar-refractivity contribution >= 4 is 23.1 Å². The van der Waals surface area contributed by atoms with E-state index in [2.05, 4.69) is 0 Å². The molecule has 4 nitrogen and oxygen atoms in total. The third-order valence-corrected chi connectivity index (χ3v) is 3.61. The standard InChI is InChI=1S/C12H8O4/c13-8-4-3-5-6-1-2-7(9(5)12(8)16)11(15)10(6)14/h1-7,9H/t5-,6-,7-,9+/m1/s1. The molecule has 0 saturated heterocycles. The Morgan fingerprint density at radius 3 is 2.12 bits per heavy atom. The lowest BCUT2D eigenvalue weighted by Gasteiger charge is -2.41. The fraction of sp³-hybridized carbons (Fsp3) is 0.333. The molecule has 1 fully saturated rings. The molecule has 0 unspecified atom stereocenters. The van der Waals surface area contributed by atoms with Gasteiger partial charge < -0.3 is 0 Å². The average Bonchev–Trinajstić information content (AvgIpc) is 2.29. The SMILES string of the molecule is O=C1C=C[C@H]2[C@H](C1=O)[C@H]1C=C[C@H]2C(=O)C1=O. The molecule has 4 atom stereocenters. The Bertz CT molecular complexity index is 497. The highest BCUT2D eigenvalue weighted by atomic mass is 16.2. The zero-order valence-corrected chi connectivity index (χ0v) is 8.25. The number of carbonyl (C=O) groups is 4. The summed E-state index contributed by atoms with van der Waals surface area (Å²) in [5, 5.41) is 0. The number of rotatable bonds is 0. The number of hydrogen-bond acceptors (Lipinski definition) is 4.